The monoisotopic (exact) mass is 398 g/mol. The standard InChI is InChI=1S/C8H16BrIO3S/c1-5-14(12,13)8(9,10)6(11)7(2,3)4/h6,11H,5H2,1-4H3/t6-,8-/m1/s1. The second-order valence-corrected chi connectivity index (χ2v) is 12.4. The van der Waals surface area contributed by atoms with Gasteiger partial charge in [0.1, 0.15) is 0 Å². The third-order valence-electron chi connectivity index (χ3n) is 1.93. The predicted molar refractivity (Wildman–Crippen MR) is 70.6 cm³/mol. The van der Waals surface area contributed by atoms with Crippen molar-refractivity contribution in [2.75, 3.05) is 5.75 Å². The molecule has 2 atom stereocenters. The molecule has 0 spiro atoms. The first-order valence-corrected chi connectivity index (χ1v) is 7.77. The van der Waals surface area contributed by atoms with E-state index in [0.29, 0.717) is 0 Å². The summed E-state index contributed by atoms with van der Waals surface area (Å²) in [7, 11) is -3.33. The quantitative estimate of drug-likeness (QED) is 0.586. The summed E-state index contributed by atoms with van der Waals surface area (Å²) in [6.45, 7) is 6.98. The van der Waals surface area contributed by atoms with Gasteiger partial charge in [0.2, 0.25) is 1.66 Å². The largest absolute Gasteiger partial charge is 0.389 e. The average Bonchev–Trinajstić information content (AvgIpc) is 2.01. The highest BCUT2D eigenvalue weighted by atomic mass is 127. The molecule has 0 unspecified atom stereocenters. The topological polar surface area (TPSA) is 54.4 Å². The summed E-state index contributed by atoms with van der Waals surface area (Å²) < 4.78 is 22.1. The van der Waals surface area contributed by atoms with E-state index in [4.69, 9.17) is 0 Å². The maximum atomic E-state index is 11.7. The second kappa shape index (κ2) is 4.55. The van der Waals surface area contributed by atoms with Crippen LogP contribution in [0.2, 0.25) is 0 Å². The third kappa shape index (κ3) is 3.05. The van der Waals surface area contributed by atoms with E-state index in [2.05, 4.69) is 15.9 Å². The molecule has 0 fully saturated rings. The molecule has 1 N–H and O–H groups in total. The third-order valence-corrected chi connectivity index (χ3v) is 8.26. The summed E-state index contributed by atoms with van der Waals surface area (Å²) in [4.78, 5) is 0. The molecule has 0 aliphatic carbocycles. The Balaban J connectivity index is 5.18. The van der Waals surface area contributed by atoms with E-state index in [1.807, 2.05) is 0 Å². The molecule has 0 radical (unpaired) electrons. The van der Waals surface area contributed by atoms with Crippen LogP contribution >= 0.6 is 38.5 Å². The Labute approximate surface area is 108 Å². The van der Waals surface area contributed by atoms with Crippen molar-refractivity contribution < 1.29 is 13.5 Å². The Kier molecular flexibility index (Phi) is 4.91. The summed E-state index contributed by atoms with van der Waals surface area (Å²) >= 11 is 4.86. The van der Waals surface area contributed by atoms with Crippen molar-refractivity contribution in [2.24, 2.45) is 5.41 Å². The number of aliphatic hydroxyl groups is 1. The van der Waals surface area contributed by atoms with Crippen LogP contribution in [0.15, 0.2) is 0 Å². The molecule has 0 rings (SSSR count). The molecule has 0 saturated carbocycles. The fourth-order valence-corrected chi connectivity index (χ4v) is 5.19. The lowest BCUT2D eigenvalue weighted by molar-refractivity contribution is 0.0740. The van der Waals surface area contributed by atoms with Gasteiger partial charge in [-0.1, -0.05) is 43.6 Å². The number of alkyl halides is 2. The molecular formula is C8H16BrIO3S. The Morgan fingerprint density at radius 2 is 1.79 bits per heavy atom. The Hall–Kier alpha value is 1.12. The van der Waals surface area contributed by atoms with Gasteiger partial charge in [-0.25, -0.2) is 8.42 Å². The van der Waals surface area contributed by atoms with Crippen LogP contribution in [0.1, 0.15) is 27.7 Å². The van der Waals surface area contributed by atoms with Crippen molar-refractivity contribution in [2.45, 2.75) is 35.5 Å². The number of aliphatic hydroxyl groups excluding tert-OH is 1. The lowest BCUT2D eigenvalue weighted by Crippen LogP contribution is -2.46. The van der Waals surface area contributed by atoms with Gasteiger partial charge >= 0.3 is 0 Å². The lowest BCUT2D eigenvalue weighted by Gasteiger charge is -2.35. The summed E-state index contributed by atoms with van der Waals surface area (Å²) in [5.74, 6) is 0.00826. The van der Waals surface area contributed by atoms with Crippen LogP contribution in [-0.2, 0) is 9.84 Å². The molecule has 14 heavy (non-hydrogen) atoms. The van der Waals surface area contributed by atoms with Gasteiger partial charge in [-0.3, -0.25) is 0 Å². The zero-order valence-corrected chi connectivity index (χ0v) is 13.3. The van der Waals surface area contributed by atoms with Crippen LogP contribution in [0.5, 0.6) is 0 Å². The number of hydrogen-bond acceptors (Lipinski definition) is 3. The van der Waals surface area contributed by atoms with Gasteiger partial charge in [0, 0.05) is 5.75 Å². The smallest absolute Gasteiger partial charge is 0.203 e. The summed E-state index contributed by atoms with van der Waals surface area (Å²) in [5.41, 5.74) is -0.479. The molecule has 86 valence electrons. The molecule has 6 heteroatoms. The average molecular weight is 399 g/mol. The molecule has 0 aromatic carbocycles. The molecular weight excluding hydrogens is 383 g/mol. The minimum absolute atomic E-state index is 0.00826. The number of sulfone groups is 1. The van der Waals surface area contributed by atoms with Gasteiger partial charge in [0.25, 0.3) is 0 Å². The second-order valence-electron chi connectivity index (χ2n) is 4.23. The number of rotatable bonds is 3. The van der Waals surface area contributed by atoms with Crippen molar-refractivity contribution in [1.82, 2.24) is 0 Å². The van der Waals surface area contributed by atoms with Crippen LogP contribution < -0.4 is 0 Å². The first-order valence-electron chi connectivity index (χ1n) is 4.25. The summed E-state index contributed by atoms with van der Waals surface area (Å²) in [6.07, 6.45) is -0.958. The van der Waals surface area contributed by atoms with E-state index in [0.717, 1.165) is 0 Å². The van der Waals surface area contributed by atoms with Gasteiger partial charge in [0.05, 0.1) is 6.10 Å². The highest BCUT2D eigenvalue weighted by Crippen LogP contribution is 2.43. The molecule has 0 heterocycles. The van der Waals surface area contributed by atoms with Crippen molar-refractivity contribution in [3.05, 3.63) is 0 Å². The van der Waals surface area contributed by atoms with E-state index >= 15 is 0 Å². The first-order chi connectivity index (χ1) is 5.97. The normalized spacial score (nSPS) is 20.2. The molecule has 0 aliphatic rings. The van der Waals surface area contributed by atoms with E-state index in [-0.39, 0.29) is 5.75 Å². The zero-order chi connectivity index (χ0) is 11.8. The van der Waals surface area contributed by atoms with Crippen molar-refractivity contribution in [3.63, 3.8) is 0 Å². The molecule has 0 saturated heterocycles. The number of halogens is 2. The van der Waals surface area contributed by atoms with Gasteiger partial charge in [-0.15, -0.1) is 0 Å². The molecule has 0 amide bonds. The van der Waals surface area contributed by atoms with Crippen LogP contribution in [0.4, 0.5) is 0 Å². The Morgan fingerprint density at radius 3 is 2.00 bits per heavy atom. The van der Waals surface area contributed by atoms with Crippen molar-refractivity contribution in [3.8, 4) is 0 Å². The van der Waals surface area contributed by atoms with Crippen LogP contribution in [0.25, 0.3) is 0 Å². The summed E-state index contributed by atoms with van der Waals surface area (Å²) in [5, 5.41) is 9.95. The van der Waals surface area contributed by atoms with Crippen LogP contribution in [0, 0.1) is 5.41 Å². The number of hydrogen-bond donors (Lipinski definition) is 1. The highest BCUT2D eigenvalue weighted by molar-refractivity contribution is 14.1. The van der Waals surface area contributed by atoms with Crippen molar-refractivity contribution in [1.29, 1.82) is 0 Å². The Morgan fingerprint density at radius 1 is 1.43 bits per heavy atom. The minimum atomic E-state index is -3.33. The molecule has 3 nitrogen and oxygen atoms in total. The predicted octanol–water partition coefficient (Wildman–Crippen LogP) is 2.31. The van der Waals surface area contributed by atoms with Crippen LogP contribution in [0.3, 0.4) is 0 Å². The van der Waals surface area contributed by atoms with Gasteiger partial charge < -0.3 is 5.11 Å². The van der Waals surface area contributed by atoms with E-state index in [1.54, 1.807) is 50.3 Å². The van der Waals surface area contributed by atoms with Gasteiger partial charge in [0.15, 0.2) is 9.84 Å². The molecule has 0 aromatic heterocycles. The van der Waals surface area contributed by atoms with E-state index < -0.39 is 23.0 Å². The molecule has 0 aliphatic heterocycles. The zero-order valence-electron chi connectivity index (χ0n) is 8.71. The van der Waals surface area contributed by atoms with E-state index in [1.165, 1.54) is 0 Å². The highest BCUT2D eigenvalue weighted by Gasteiger charge is 2.49. The fraction of sp³-hybridized carbons (Fsp3) is 1.00. The van der Waals surface area contributed by atoms with E-state index in [9.17, 15) is 13.5 Å². The van der Waals surface area contributed by atoms with Crippen molar-refractivity contribution >= 4 is 48.4 Å². The minimum Gasteiger partial charge on any atom is -0.389 e. The lowest BCUT2D eigenvalue weighted by atomic mass is 9.90. The Bertz CT molecular complexity index is 292. The SMILES string of the molecule is CCS(=O)(=O)[C@](Br)(I)[C@H](O)C(C)(C)C. The van der Waals surface area contributed by atoms with Gasteiger partial charge in [-0.05, 0) is 28.0 Å². The molecule has 0 bridgehead atoms. The maximum absolute atomic E-state index is 11.7. The van der Waals surface area contributed by atoms with Crippen LogP contribution in [-0.4, -0.2) is 27.0 Å². The molecule has 0 aromatic rings. The fourth-order valence-electron chi connectivity index (χ4n) is 0.867. The first kappa shape index (κ1) is 15.1. The summed E-state index contributed by atoms with van der Waals surface area (Å²) in [6, 6.07) is 0. The van der Waals surface area contributed by atoms with Gasteiger partial charge in [-0.2, -0.15) is 0 Å². The maximum Gasteiger partial charge on any atom is 0.203 e.